The van der Waals surface area contributed by atoms with Crippen LogP contribution in [0.5, 0.6) is 5.75 Å². The van der Waals surface area contributed by atoms with Crippen LogP contribution in [-0.2, 0) is 11.3 Å². The molecule has 2 rings (SSSR count). The van der Waals surface area contributed by atoms with Crippen LogP contribution in [0.1, 0.15) is 22.8 Å². The highest BCUT2D eigenvalue weighted by atomic mass is 19.1. The van der Waals surface area contributed by atoms with E-state index < -0.39 is 17.8 Å². The van der Waals surface area contributed by atoms with E-state index in [0.29, 0.717) is 17.8 Å². The molecule has 0 heterocycles. The Bertz CT molecular complexity index is 793. The second-order valence-electron chi connectivity index (χ2n) is 5.99. The number of primary amides is 1. The fraction of sp³-hybridized carbons (Fsp3) is 0.263. The minimum Gasteiger partial charge on any atom is -0.494 e. The number of hydrogen-bond acceptors (Lipinski definition) is 4. The van der Waals surface area contributed by atoms with Gasteiger partial charge in [-0.2, -0.15) is 0 Å². The predicted octanol–water partition coefficient (Wildman–Crippen LogP) is 2.39. The second kappa shape index (κ2) is 8.44. The summed E-state index contributed by atoms with van der Waals surface area (Å²) in [4.78, 5) is 25.3. The molecule has 0 saturated heterocycles. The summed E-state index contributed by atoms with van der Waals surface area (Å²) in [6, 6.07) is 10.6. The van der Waals surface area contributed by atoms with Crippen molar-refractivity contribution in [2.75, 3.05) is 19.5 Å². The first-order valence-electron chi connectivity index (χ1n) is 8.05. The lowest BCUT2D eigenvalue weighted by Gasteiger charge is -2.24. The predicted molar refractivity (Wildman–Crippen MR) is 97.5 cm³/mol. The molecule has 0 unspecified atom stereocenters. The molecule has 0 aromatic heterocycles. The molecule has 0 fully saturated rings. The summed E-state index contributed by atoms with van der Waals surface area (Å²) in [6.45, 7) is 2.16. The Morgan fingerprint density at radius 2 is 1.88 bits per heavy atom. The lowest BCUT2D eigenvalue weighted by Crippen LogP contribution is -2.39. The molecule has 0 radical (unpaired) electrons. The summed E-state index contributed by atoms with van der Waals surface area (Å²) < 4.78 is 18.7. The molecule has 0 spiro atoms. The van der Waals surface area contributed by atoms with Gasteiger partial charge in [0.05, 0.1) is 13.2 Å². The number of methoxy groups -OCH3 is 1. The van der Waals surface area contributed by atoms with Gasteiger partial charge in [-0.25, -0.2) is 4.39 Å². The molecule has 26 heavy (non-hydrogen) atoms. The number of benzene rings is 2. The van der Waals surface area contributed by atoms with Crippen LogP contribution in [0.2, 0.25) is 0 Å². The number of hydrogen-bond donors (Lipinski definition) is 2. The maximum Gasteiger partial charge on any atom is 0.248 e. The van der Waals surface area contributed by atoms with Crippen LogP contribution in [0.4, 0.5) is 10.1 Å². The summed E-state index contributed by atoms with van der Waals surface area (Å²) >= 11 is 0. The molecule has 0 aliphatic heterocycles. The van der Waals surface area contributed by atoms with Gasteiger partial charge in [-0.1, -0.05) is 6.07 Å². The molecule has 6 nitrogen and oxygen atoms in total. The van der Waals surface area contributed by atoms with E-state index in [1.54, 1.807) is 55.3 Å². The van der Waals surface area contributed by atoms with Gasteiger partial charge in [0.2, 0.25) is 11.8 Å². The Kier molecular flexibility index (Phi) is 6.30. The lowest BCUT2D eigenvalue weighted by atomic mass is 10.1. The summed E-state index contributed by atoms with van der Waals surface area (Å²) in [5.41, 5.74) is 6.86. The number of anilines is 1. The fourth-order valence-electron chi connectivity index (χ4n) is 2.40. The van der Waals surface area contributed by atoms with Crippen LogP contribution in [0.15, 0.2) is 42.5 Å². The van der Waals surface area contributed by atoms with E-state index >= 15 is 0 Å². The van der Waals surface area contributed by atoms with Gasteiger partial charge in [-0.3, -0.25) is 14.5 Å². The minimum atomic E-state index is -0.525. The zero-order valence-corrected chi connectivity index (χ0v) is 15.0. The van der Waals surface area contributed by atoms with Crippen molar-refractivity contribution in [1.82, 2.24) is 4.90 Å². The van der Waals surface area contributed by atoms with Crippen LogP contribution in [0, 0.1) is 5.82 Å². The zero-order valence-electron chi connectivity index (χ0n) is 15.0. The number of nitrogens with one attached hydrogen (secondary N) is 1. The quantitative estimate of drug-likeness (QED) is 0.795. The number of amides is 2. The van der Waals surface area contributed by atoms with Crippen LogP contribution < -0.4 is 15.8 Å². The van der Waals surface area contributed by atoms with Gasteiger partial charge >= 0.3 is 0 Å². The molecular weight excluding hydrogens is 337 g/mol. The number of carbonyl (C=O) groups is 2. The number of likely N-dealkylation sites (N-methyl/N-ethyl adjacent to an activating group) is 1. The summed E-state index contributed by atoms with van der Waals surface area (Å²) in [5, 5.41) is 2.78. The Hall–Kier alpha value is -2.93. The first-order chi connectivity index (χ1) is 12.3. The van der Waals surface area contributed by atoms with Crippen molar-refractivity contribution in [3.05, 3.63) is 59.4 Å². The molecule has 2 amide bonds. The van der Waals surface area contributed by atoms with E-state index in [4.69, 9.17) is 10.5 Å². The zero-order chi connectivity index (χ0) is 19.3. The van der Waals surface area contributed by atoms with E-state index in [0.717, 1.165) is 5.56 Å². The average Bonchev–Trinajstić information content (AvgIpc) is 2.61. The van der Waals surface area contributed by atoms with Crippen molar-refractivity contribution in [2.45, 2.75) is 19.5 Å². The van der Waals surface area contributed by atoms with Crippen LogP contribution in [-0.4, -0.2) is 36.9 Å². The van der Waals surface area contributed by atoms with Gasteiger partial charge in [0.25, 0.3) is 0 Å². The number of nitrogens with two attached hydrogens (primary N) is 1. The van der Waals surface area contributed by atoms with E-state index in [1.165, 1.54) is 13.2 Å². The number of halogens is 1. The first-order valence-corrected chi connectivity index (χ1v) is 8.05. The Balaban J connectivity index is 1.98. The van der Waals surface area contributed by atoms with Gasteiger partial charge in [0.15, 0.2) is 11.6 Å². The third-order valence-electron chi connectivity index (χ3n) is 4.13. The lowest BCUT2D eigenvalue weighted by molar-refractivity contribution is -0.120. The van der Waals surface area contributed by atoms with Gasteiger partial charge < -0.3 is 15.8 Å². The standard InChI is InChI=1S/C19H22FN3O3/c1-12(19(25)22-15-7-5-14(6-8-15)18(21)24)23(2)11-13-4-9-17(26-3)16(20)10-13/h4-10,12H,11H2,1-3H3,(H2,21,24)(H,22,25)/t12-/m1/s1. The maximum atomic E-state index is 13.8. The van der Waals surface area contributed by atoms with Crippen molar-refractivity contribution in [3.63, 3.8) is 0 Å². The van der Waals surface area contributed by atoms with Gasteiger partial charge in [-0.15, -0.1) is 0 Å². The summed E-state index contributed by atoms with van der Waals surface area (Å²) in [6.07, 6.45) is 0. The molecule has 3 N–H and O–H groups in total. The first kappa shape index (κ1) is 19.4. The average molecular weight is 359 g/mol. The van der Waals surface area contributed by atoms with Gasteiger partial charge in [0, 0.05) is 17.8 Å². The highest BCUT2D eigenvalue weighted by Gasteiger charge is 2.19. The number of ether oxygens (including phenoxy) is 1. The maximum absolute atomic E-state index is 13.8. The van der Waals surface area contributed by atoms with E-state index in [1.807, 2.05) is 0 Å². The van der Waals surface area contributed by atoms with Crippen molar-refractivity contribution in [2.24, 2.45) is 5.73 Å². The smallest absolute Gasteiger partial charge is 0.248 e. The topological polar surface area (TPSA) is 84.7 Å². The largest absolute Gasteiger partial charge is 0.494 e. The highest BCUT2D eigenvalue weighted by Crippen LogP contribution is 2.19. The van der Waals surface area contributed by atoms with E-state index in [9.17, 15) is 14.0 Å². The van der Waals surface area contributed by atoms with Crippen molar-refractivity contribution >= 4 is 17.5 Å². The molecule has 138 valence electrons. The minimum absolute atomic E-state index is 0.182. The van der Waals surface area contributed by atoms with Crippen LogP contribution in [0.25, 0.3) is 0 Å². The number of carbonyl (C=O) groups excluding carboxylic acids is 2. The van der Waals surface area contributed by atoms with E-state index in [2.05, 4.69) is 5.32 Å². The molecule has 2 aromatic carbocycles. The fourth-order valence-corrected chi connectivity index (χ4v) is 2.40. The Morgan fingerprint density at radius 1 is 1.23 bits per heavy atom. The third kappa shape index (κ3) is 4.80. The Morgan fingerprint density at radius 3 is 2.42 bits per heavy atom. The van der Waals surface area contributed by atoms with Crippen LogP contribution >= 0.6 is 0 Å². The molecule has 0 saturated carbocycles. The number of rotatable bonds is 7. The van der Waals surface area contributed by atoms with Gasteiger partial charge in [-0.05, 0) is 55.9 Å². The summed E-state index contributed by atoms with van der Waals surface area (Å²) in [7, 11) is 3.19. The molecule has 0 aliphatic carbocycles. The SMILES string of the molecule is COc1ccc(CN(C)[C@H](C)C(=O)Nc2ccc(C(N)=O)cc2)cc1F. The highest BCUT2D eigenvalue weighted by molar-refractivity contribution is 5.96. The van der Waals surface area contributed by atoms with Crippen LogP contribution in [0.3, 0.4) is 0 Å². The molecular formula is C19H22FN3O3. The third-order valence-corrected chi connectivity index (χ3v) is 4.13. The van der Waals surface area contributed by atoms with Crippen molar-refractivity contribution < 1.29 is 18.7 Å². The molecule has 0 bridgehead atoms. The molecule has 1 atom stereocenters. The monoisotopic (exact) mass is 359 g/mol. The molecule has 7 heteroatoms. The second-order valence-corrected chi connectivity index (χ2v) is 5.99. The Labute approximate surface area is 151 Å². The number of nitrogens with zero attached hydrogens (tertiary/aromatic N) is 1. The molecule has 0 aliphatic rings. The van der Waals surface area contributed by atoms with Crippen molar-refractivity contribution in [3.8, 4) is 5.75 Å². The normalized spacial score (nSPS) is 11.9. The molecule has 2 aromatic rings. The van der Waals surface area contributed by atoms with E-state index in [-0.39, 0.29) is 11.7 Å². The van der Waals surface area contributed by atoms with Gasteiger partial charge in [0.1, 0.15) is 0 Å². The van der Waals surface area contributed by atoms with Crippen molar-refractivity contribution in [1.29, 1.82) is 0 Å². The summed E-state index contributed by atoms with van der Waals surface area (Å²) in [5.74, 6) is -0.998.